The van der Waals surface area contributed by atoms with Gasteiger partial charge in [0, 0.05) is 37.7 Å². The lowest BCUT2D eigenvalue weighted by molar-refractivity contribution is -0.137. The van der Waals surface area contributed by atoms with Crippen LogP contribution in [0.1, 0.15) is 42.3 Å². The molecule has 0 bridgehead atoms. The van der Waals surface area contributed by atoms with Gasteiger partial charge in [0.2, 0.25) is 17.6 Å². The number of hydrogen-bond acceptors (Lipinski definition) is 5. The molecule has 1 amide bonds. The van der Waals surface area contributed by atoms with Gasteiger partial charge < -0.3 is 9.42 Å². The average molecular weight is 488 g/mol. The molecule has 3 aromatic rings. The molecule has 6 nitrogen and oxygen atoms in total. The van der Waals surface area contributed by atoms with Crippen LogP contribution < -0.4 is 0 Å². The summed E-state index contributed by atoms with van der Waals surface area (Å²) in [6.45, 7) is 4.24. The summed E-state index contributed by atoms with van der Waals surface area (Å²) in [6, 6.07) is 10.9. The number of aromatic nitrogens is 2. The van der Waals surface area contributed by atoms with Crippen LogP contribution >= 0.6 is 0 Å². The van der Waals surface area contributed by atoms with Gasteiger partial charge in [-0.25, -0.2) is 4.39 Å². The molecular formula is C25H24F4N4O2. The van der Waals surface area contributed by atoms with E-state index in [2.05, 4.69) is 15.0 Å². The standard InChI is InChI=1S/C25H24F4N4O2/c1-15(23-30-22(31-35-23)17-3-2-4-18(13-17)25(27,28)29)32-9-11-33(12-10-32)24(34)21-14-20(21)16-5-7-19(26)8-6-16/h2-8,13,15,20-21H,9-12,14H2,1H3. The predicted molar refractivity (Wildman–Crippen MR) is 119 cm³/mol. The number of rotatable bonds is 5. The fraction of sp³-hybridized carbons (Fsp3) is 0.400. The maximum Gasteiger partial charge on any atom is 0.416 e. The highest BCUT2D eigenvalue weighted by Gasteiger charge is 2.46. The Morgan fingerprint density at radius 2 is 1.80 bits per heavy atom. The minimum atomic E-state index is -4.45. The van der Waals surface area contributed by atoms with Crippen molar-refractivity contribution >= 4 is 5.91 Å². The zero-order chi connectivity index (χ0) is 24.7. The third-order valence-corrected chi connectivity index (χ3v) is 6.83. The lowest BCUT2D eigenvalue weighted by Crippen LogP contribution is -2.49. The van der Waals surface area contributed by atoms with Crippen molar-refractivity contribution in [2.24, 2.45) is 5.92 Å². The van der Waals surface area contributed by atoms with Crippen molar-refractivity contribution in [2.45, 2.75) is 31.5 Å². The Hall–Kier alpha value is -3.27. The van der Waals surface area contributed by atoms with Gasteiger partial charge in [-0.1, -0.05) is 29.4 Å². The van der Waals surface area contributed by atoms with E-state index in [1.54, 1.807) is 12.1 Å². The first-order valence-electron chi connectivity index (χ1n) is 11.5. The molecule has 1 aliphatic carbocycles. The van der Waals surface area contributed by atoms with E-state index in [-0.39, 0.29) is 41.0 Å². The summed E-state index contributed by atoms with van der Waals surface area (Å²) in [5.74, 6) is 0.341. The average Bonchev–Trinajstić information content (AvgIpc) is 3.50. The van der Waals surface area contributed by atoms with Crippen LogP contribution in [-0.2, 0) is 11.0 Å². The van der Waals surface area contributed by atoms with E-state index in [1.165, 1.54) is 24.3 Å². The third-order valence-electron chi connectivity index (χ3n) is 6.83. The molecule has 1 aromatic heterocycles. The largest absolute Gasteiger partial charge is 0.416 e. The summed E-state index contributed by atoms with van der Waals surface area (Å²) in [5, 5.41) is 3.87. The Labute approximate surface area is 199 Å². The van der Waals surface area contributed by atoms with Crippen molar-refractivity contribution in [1.82, 2.24) is 19.9 Å². The molecule has 10 heteroatoms. The van der Waals surface area contributed by atoms with Gasteiger partial charge in [0.1, 0.15) is 5.82 Å². The molecule has 2 aromatic carbocycles. The summed E-state index contributed by atoms with van der Waals surface area (Å²) >= 11 is 0. The van der Waals surface area contributed by atoms with Gasteiger partial charge in [0.25, 0.3) is 0 Å². The number of halogens is 4. The van der Waals surface area contributed by atoms with Crippen molar-refractivity contribution in [3.05, 3.63) is 71.4 Å². The highest BCUT2D eigenvalue weighted by Crippen LogP contribution is 2.48. The fourth-order valence-corrected chi connectivity index (χ4v) is 4.62. The minimum absolute atomic E-state index is 0.0598. The van der Waals surface area contributed by atoms with Crippen LogP contribution in [0.4, 0.5) is 17.6 Å². The van der Waals surface area contributed by atoms with E-state index in [9.17, 15) is 22.4 Å². The Morgan fingerprint density at radius 3 is 2.49 bits per heavy atom. The SMILES string of the molecule is CC(c1nc(-c2cccc(C(F)(F)F)c2)no1)N1CCN(C(=O)C2CC2c2ccc(F)cc2)CC1. The van der Waals surface area contributed by atoms with E-state index in [0.29, 0.717) is 32.1 Å². The second-order valence-electron chi connectivity index (χ2n) is 9.07. The van der Waals surface area contributed by atoms with Crippen molar-refractivity contribution in [2.75, 3.05) is 26.2 Å². The van der Waals surface area contributed by atoms with E-state index in [1.807, 2.05) is 11.8 Å². The van der Waals surface area contributed by atoms with Gasteiger partial charge >= 0.3 is 6.18 Å². The summed E-state index contributed by atoms with van der Waals surface area (Å²) in [6.07, 6.45) is -3.67. The van der Waals surface area contributed by atoms with E-state index in [0.717, 1.165) is 24.1 Å². The number of benzene rings is 2. The molecule has 2 fully saturated rings. The van der Waals surface area contributed by atoms with Gasteiger partial charge in [-0.3, -0.25) is 9.69 Å². The maximum absolute atomic E-state index is 13.2. The van der Waals surface area contributed by atoms with Crippen LogP contribution in [0.25, 0.3) is 11.4 Å². The molecule has 184 valence electrons. The first-order chi connectivity index (χ1) is 16.7. The van der Waals surface area contributed by atoms with Crippen LogP contribution in [0.2, 0.25) is 0 Å². The number of amides is 1. The highest BCUT2D eigenvalue weighted by atomic mass is 19.4. The van der Waals surface area contributed by atoms with Crippen molar-refractivity contribution < 1.29 is 26.9 Å². The first kappa shape index (κ1) is 23.5. The van der Waals surface area contributed by atoms with E-state index < -0.39 is 11.7 Å². The number of nitrogens with zero attached hydrogens (tertiary/aromatic N) is 4. The zero-order valence-corrected chi connectivity index (χ0v) is 19.0. The van der Waals surface area contributed by atoms with Crippen LogP contribution in [-0.4, -0.2) is 52.0 Å². The number of carbonyl (C=O) groups is 1. The summed E-state index contributed by atoms with van der Waals surface area (Å²) in [5.41, 5.74) is 0.454. The Bertz CT molecular complexity index is 1200. The molecule has 1 saturated heterocycles. The number of piperazine rings is 1. The normalized spacial score (nSPS) is 21.7. The molecule has 0 N–H and O–H groups in total. The predicted octanol–water partition coefficient (Wildman–Crippen LogP) is 4.90. The van der Waals surface area contributed by atoms with Crippen LogP contribution in [0.3, 0.4) is 0 Å². The number of carbonyl (C=O) groups excluding carboxylic acids is 1. The molecule has 1 saturated carbocycles. The van der Waals surface area contributed by atoms with Crippen molar-refractivity contribution in [1.29, 1.82) is 0 Å². The Kier molecular flexibility index (Phi) is 6.08. The quantitative estimate of drug-likeness (QED) is 0.478. The van der Waals surface area contributed by atoms with Crippen molar-refractivity contribution in [3.63, 3.8) is 0 Å². The monoisotopic (exact) mass is 488 g/mol. The number of alkyl halides is 3. The molecule has 3 atom stereocenters. The molecule has 0 spiro atoms. The molecular weight excluding hydrogens is 464 g/mol. The van der Waals surface area contributed by atoms with E-state index in [4.69, 9.17) is 4.52 Å². The van der Waals surface area contributed by atoms with Crippen LogP contribution in [0.15, 0.2) is 53.1 Å². The summed E-state index contributed by atoms with van der Waals surface area (Å²) in [7, 11) is 0. The van der Waals surface area contributed by atoms with Gasteiger partial charge in [-0.05, 0) is 49.1 Å². The minimum Gasteiger partial charge on any atom is -0.340 e. The maximum atomic E-state index is 13.2. The van der Waals surface area contributed by atoms with Crippen molar-refractivity contribution in [3.8, 4) is 11.4 Å². The molecule has 35 heavy (non-hydrogen) atoms. The van der Waals surface area contributed by atoms with E-state index >= 15 is 0 Å². The highest BCUT2D eigenvalue weighted by molar-refractivity contribution is 5.83. The lowest BCUT2D eigenvalue weighted by Gasteiger charge is -2.37. The van der Waals surface area contributed by atoms with Gasteiger partial charge in [0.15, 0.2) is 0 Å². The summed E-state index contributed by atoms with van der Waals surface area (Å²) in [4.78, 5) is 21.2. The second kappa shape index (κ2) is 9.07. The van der Waals surface area contributed by atoms with Gasteiger partial charge in [0.05, 0.1) is 11.6 Å². The smallest absolute Gasteiger partial charge is 0.340 e. The molecule has 2 aliphatic rings. The molecule has 5 rings (SSSR count). The summed E-state index contributed by atoms with van der Waals surface area (Å²) < 4.78 is 57.6. The van der Waals surface area contributed by atoms with Gasteiger partial charge in [-0.2, -0.15) is 18.2 Å². The fourth-order valence-electron chi connectivity index (χ4n) is 4.62. The second-order valence-corrected chi connectivity index (χ2v) is 9.07. The lowest BCUT2D eigenvalue weighted by atomic mass is 10.1. The Morgan fingerprint density at radius 1 is 1.09 bits per heavy atom. The zero-order valence-electron chi connectivity index (χ0n) is 19.0. The van der Waals surface area contributed by atoms with Crippen LogP contribution in [0.5, 0.6) is 0 Å². The van der Waals surface area contributed by atoms with Crippen LogP contribution in [0, 0.1) is 11.7 Å². The molecule has 3 unspecified atom stereocenters. The third kappa shape index (κ3) is 4.93. The molecule has 0 radical (unpaired) electrons. The molecule has 2 heterocycles. The first-order valence-corrected chi connectivity index (χ1v) is 11.5. The Balaban J connectivity index is 1.17. The number of hydrogen-bond donors (Lipinski definition) is 0. The molecule has 1 aliphatic heterocycles. The van der Waals surface area contributed by atoms with Gasteiger partial charge in [-0.15, -0.1) is 0 Å². The topological polar surface area (TPSA) is 62.5 Å².